The summed E-state index contributed by atoms with van der Waals surface area (Å²) in [6.07, 6.45) is 4.49. The summed E-state index contributed by atoms with van der Waals surface area (Å²) in [6.45, 7) is 6.68. The summed E-state index contributed by atoms with van der Waals surface area (Å²) in [6, 6.07) is 0.452. The molecule has 1 saturated carbocycles. The fourth-order valence-electron chi connectivity index (χ4n) is 3.24. The third-order valence-electron chi connectivity index (χ3n) is 4.21. The molecule has 1 aliphatic carbocycles. The molecule has 0 aromatic rings. The first kappa shape index (κ1) is 14.3. The molecular formula is C13H28N4. The van der Waals surface area contributed by atoms with E-state index in [2.05, 4.69) is 25.8 Å². The molecule has 4 heteroatoms. The van der Waals surface area contributed by atoms with Crippen LogP contribution in [0.1, 0.15) is 46.5 Å². The van der Waals surface area contributed by atoms with Crippen molar-refractivity contribution in [3.05, 3.63) is 0 Å². The molecule has 1 fully saturated rings. The van der Waals surface area contributed by atoms with Crippen LogP contribution in [-0.2, 0) is 0 Å². The third kappa shape index (κ3) is 3.60. The Kier molecular flexibility index (Phi) is 5.25. The highest BCUT2D eigenvalue weighted by Crippen LogP contribution is 2.37. The molecule has 4 nitrogen and oxygen atoms in total. The van der Waals surface area contributed by atoms with Gasteiger partial charge in [-0.15, -0.1) is 0 Å². The Morgan fingerprint density at radius 1 is 1.24 bits per heavy atom. The normalized spacial score (nSPS) is 30.5. The monoisotopic (exact) mass is 240 g/mol. The van der Waals surface area contributed by atoms with E-state index in [4.69, 9.17) is 17.2 Å². The van der Waals surface area contributed by atoms with E-state index in [0.717, 1.165) is 25.7 Å². The maximum atomic E-state index is 6.42. The van der Waals surface area contributed by atoms with Gasteiger partial charge >= 0.3 is 0 Å². The van der Waals surface area contributed by atoms with E-state index in [0.29, 0.717) is 17.8 Å². The molecule has 0 aromatic heterocycles. The highest BCUT2D eigenvalue weighted by Gasteiger charge is 2.37. The lowest BCUT2D eigenvalue weighted by Crippen LogP contribution is -2.41. The van der Waals surface area contributed by atoms with Crippen molar-refractivity contribution in [2.45, 2.75) is 58.5 Å². The van der Waals surface area contributed by atoms with Gasteiger partial charge in [-0.2, -0.15) is 0 Å². The molecule has 0 amide bonds. The van der Waals surface area contributed by atoms with Crippen molar-refractivity contribution in [2.75, 3.05) is 0 Å². The average Bonchev–Trinajstić information content (AvgIpc) is 2.60. The number of aliphatic imine (C=N–C) groups is 1. The molecule has 0 radical (unpaired) electrons. The van der Waals surface area contributed by atoms with Crippen molar-refractivity contribution < 1.29 is 0 Å². The molecule has 0 aliphatic heterocycles. The molecule has 0 saturated heterocycles. The lowest BCUT2D eigenvalue weighted by molar-refractivity contribution is 0.276. The van der Waals surface area contributed by atoms with E-state index < -0.39 is 0 Å². The van der Waals surface area contributed by atoms with Crippen LogP contribution in [0.25, 0.3) is 0 Å². The molecule has 0 heterocycles. The second-order valence-corrected chi connectivity index (χ2v) is 5.52. The molecule has 100 valence electrons. The summed E-state index contributed by atoms with van der Waals surface area (Å²) in [4.78, 5) is 4.37. The van der Waals surface area contributed by atoms with Crippen LogP contribution in [-0.4, -0.2) is 18.0 Å². The Bertz CT molecular complexity index is 256. The average molecular weight is 240 g/mol. The van der Waals surface area contributed by atoms with Crippen LogP contribution >= 0.6 is 0 Å². The first-order valence-electron chi connectivity index (χ1n) is 6.83. The second kappa shape index (κ2) is 6.24. The zero-order valence-electron chi connectivity index (χ0n) is 11.4. The molecule has 6 N–H and O–H groups in total. The van der Waals surface area contributed by atoms with Crippen LogP contribution in [0.15, 0.2) is 4.99 Å². The van der Waals surface area contributed by atoms with Crippen LogP contribution in [0.3, 0.4) is 0 Å². The van der Waals surface area contributed by atoms with E-state index in [1.165, 1.54) is 0 Å². The number of nitrogens with two attached hydrogens (primary N) is 3. The first-order valence-corrected chi connectivity index (χ1v) is 6.83. The Hall–Kier alpha value is -0.770. The molecular weight excluding hydrogens is 212 g/mol. The fourth-order valence-corrected chi connectivity index (χ4v) is 3.24. The standard InChI is InChI=1S/C13H28N4/c1-4-9(5-2)12(14)10-6-8(3)7-11(10)17-13(15)16/h8-12H,4-7,14H2,1-3H3,(H4,15,16,17). The minimum atomic E-state index is 0.200. The van der Waals surface area contributed by atoms with Gasteiger partial charge in [0.25, 0.3) is 0 Å². The van der Waals surface area contributed by atoms with Crippen LogP contribution in [0.2, 0.25) is 0 Å². The smallest absolute Gasteiger partial charge is 0.186 e. The largest absolute Gasteiger partial charge is 0.370 e. The van der Waals surface area contributed by atoms with Crippen molar-refractivity contribution in [1.82, 2.24) is 0 Å². The van der Waals surface area contributed by atoms with Gasteiger partial charge in [0.1, 0.15) is 0 Å². The summed E-state index contributed by atoms with van der Waals surface area (Å²) >= 11 is 0. The van der Waals surface area contributed by atoms with Gasteiger partial charge in [-0.1, -0.05) is 33.6 Å². The summed E-state index contributed by atoms with van der Waals surface area (Å²) in [5, 5.41) is 0. The van der Waals surface area contributed by atoms with Gasteiger partial charge in [-0.05, 0) is 30.6 Å². The molecule has 0 spiro atoms. The van der Waals surface area contributed by atoms with Gasteiger partial charge in [0.05, 0.1) is 6.04 Å². The fraction of sp³-hybridized carbons (Fsp3) is 0.923. The molecule has 1 aliphatic rings. The van der Waals surface area contributed by atoms with Gasteiger partial charge in [-0.25, -0.2) is 4.99 Å². The number of hydrogen-bond acceptors (Lipinski definition) is 2. The Morgan fingerprint density at radius 3 is 2.29 bits per heavy atom. The van der Waals surface area contributed by atoms with Crippen LogP contribution in [0, 0.1) is 17.8 Å². The van der Waals surface area contributed by atoms with Crippen molar-refractivity contribution in [3.63, 3.8) is 0 Å². The summed E-state index contributed by atoms with van der Waals surface area (Å²) in [5.74, 6) is 1.90. The van der Waals surface area contributed by atoms with Crippen LogP contribution < -0.4 is 17.2 Å². The van der Waals surface area contributed by atoms with Crippen LogP contribution in [0.5, 0.6) is 0 Å². The zero-order chi connectivity index (χ0) is 13.0. The molecule has 4 atom stereocenters. The number of hydrogen-bond donors (Lipinski definition) is 3. The maximum Gasteiger partial charge on any atom is 0.186 e. The quantitative estimate of drug-likeness (QED) is 0.501. The maximum absolute atomic E-state index is 6.42. The highest BCUT2D eigenvalue weighted by molar-refractivity contribution is 5.75. The Balaban J connectivity index is 2.75. The van der Waals surface area contributed by atoms with Crippen molar-refractivity contribution in [2.24, 2.45) is 39.9 Å². The van der Waals surface area contributed by atoms with E-state index >= 15 is 0 Å². The minimum Gasteiger partial charge on any atom is -0.370 e. The second-order valence-electron chi connectivity index (χ2n) is 5.52. The Labute approximate surface area is 105 Å². The number of nitrogens with zero attached hydrogens (tertiary/aromatic N) is 1. The van der Waals surface area contributed by atoms with Gasteiger partial charge < -0.3 is 17.2 Å². The highest BCUT2D eigenvalue weighted by atomic mass is 15.0. The van der Waals surface area contributed by atoms with E-state index in [9.17, 15) is 0 Å². The summed E-state index contributed by atoms with van der Waals surface area (Å²) in [7, 11) is 0. The SMILES string of the molecule is CCC(CC)C(N)C1CC(C)CC1N=C(N)N. The van der Waals surface area contributed by atoms with Crippen molar-refractivity contribution >= 4 is 5.96 Å². The molecule has 1 rings (SSSR count). The summed E-state index contributed by atoms with van der Waals surface area (Å²) in [5.41, 5.74) is 17.4. The third-order valence-corrected chi connectivity index (χ3v) is 4.21. The predicted octanol–water partition coefficient (Wildman–Crippen LogP) is 1.44. The lowest BCUT2D eigenvalue weighted by atomic mass is 9.82. The zero-order valence-corrected chi connectivity index (χ0v) is 11.4. The molecule has 0 bridgehead atoms. The van der Waals surface area contributed by atoms with E-state index in [1.54, 1.807) is 0 Å². The molecule has 17 heavy (non-hydrogen) atoms. The van der Waals surface area contributed by atoms with Crippen LogP contribution in [0.4, 0.5) is 0 Å². The van der Waals surface area contributed by atoms with Crippen molar-refractivity contribution in [3.8, 4) is 0 Å². The summed E-state index contributed by atoms with van der Waals surface area (Å²) < 4.78 is 0. The van der Waals surface area contributed by atoms with Gasteiger partial charge in [0.15, 0.2) is 5.96 Å². The minimum absolute atomic E-state index is 0.200. The number of rotatable bonds is 5. The van der Waals surface area contributed by atoms with E-state index in [-0.39, 0.29) is 18.0 Å². The predicted molar refractivity (Wildman–Crippen MR) is 73.5 cm³/mol. The molecule has 0 aromatic carbocycles. The Morgan fingerprint density at radius 2 is 1.82 bits per heavy atom. The topological polar surface area (TPSA) is 90.4 Å². The van der Waals surface area contributed by atoms with E-state index in [1.807, 2.05) is 0 Å². The number of guanidine groups is 1. The molecule has 4 unspecified atom stereocenters. The van der Waals surface area contributed by atoms with Gasteiger partial charge in [0.2, 0.25) is 0 Å². The van der Waals surface area contributed by atoms with Crippen molar-refractivity contribution in [1.29, 1.82) is 0 Å². The van der Waals surface area contributed by atoms with Gasteiger partial charge in [0, 0.05) is 6.04 Å². The van der Waals surface area contributed by atoms with Gasteiger partial charge in [-0.3, -0.25) is 0 Å². The lowest BCUT2D eigenvalue weighted by Gasteiger charge is -2.29. The first-order chi connectivity index (χ1) is 7.99.